The Morgan fingerprint density at radius 3 is 2.88 bits per heavy atom. The third kappa shape index (κ3) is 5.09. The van der Waals surface area contributed by atoms with Crippen LogP contribution in [0, 0.1) is 6.92 Å². The molecule has 1 aromatic carbocycles. The van der Waals surface area contributed by atoms with Crippen LogP contribution in [0.25, 0.3) is 0 Å². The fourth-order valence-electron chi connectivity index (χ4n) is 1.26. The summed E-state index contributed by atoms with van der Waals surface area (Å²) in [7, 11) is 0. The van der Waals surface area contributed by atoms with Crippen LogP contribution in [0.1, 0.15) is 25.3 Å². The molecule has 0 heterocycles. The second-order valence-electron chi connectivity index (χ2n) is 3.89. The molecular formula is C13H18ClNO2. The molecule has 0 fully saturated rings. The van der Waals surface area contributed by atoms with Gasteiger partial charge in [0.2, 0.25) is 0 Å². The lowest BCUT2D eigenvalue weighted by Gasteiger charge is -2.08. The zero-order chi connectivity index (χ0) is 12.7. The molecule has 1 N–H and O–H groups in total. The number of anilines is 1. The molecule has 3 nitrogen and oxygen atoms in total. The van der Waals surface area contributed by atoms with E-state index in [1.54, 1.807) is 6.07 Å². The van der Waals surface area contributed by atoms with Gasteiger partial charge in [0.05, 0.1) is 6.61 Å². The molecule has 0 aromatic heterocycles. The Morgan fingerprint density at radius 1 is 1.47 bits per heavy atom. The molecule has 0 aliphatic carbocycles. The van der Waals surface area contributed by atoms with Crippen LogP contribution >= 0.6 is 11.6 Å². The van der Waals surface area contributed by atoms with E-state index in [0.717, 1.165) is 24.1 Å². The van der Waals surface area contributed by atoms with Gasteiger partial charge in [-0.1, -0.05) is 31.0 Å². The smallest absolute Gasteiger partial charge is 0.325 e. The third-order valence-corrected chi connectivity index (χ3v) is 2.78. The van der Waals surface area contributed by atoms with Crippen LogP contribution in [0.5, 0.6) is 0 Å². The number of benzene rings is 1. The second kappa shape index (κ2) is 7.17. The molecular weight excluding hydrogens is 238 g/mol. The molecule has 0 unspecified atom stereocenters. The first-order valence-corrected chi connectivity index (χ1v) is 6.17. The predicted octanol–water partition coefficient (Wildman–Crippen LogP) is 3.40. The molecule has 0 radical (unpaired) electrons. The van der Waals surface area contributed by atoms with Crippen LogP contribution in [-0.2, 0) is 9.53 Å². The SMILES string of the molecule is CCCCOC(=O)CNc1ccc(C)c(Cl)c1. The lowest BCUT2D eigenvalue weighted by Crippen LogP contribution is -2.17. The van der Waals surface area contributed by atoms with Gasteiger partial charge in [0.15, 0.2) is 0 Å². The van der Waals surface area contributed by atoms with Gasteiger partial charge in [-0.2, -0.15) is 0 Å². The number of halogens is 1. The number of hydrogen-bond donors (Lipinski definition) is 1. The van der Waals surface area contributed by atoms with E-state index in [9.17, 15) is 4.79 Å². The van der Waals surface area contributed by atoms with E-state index in [-0.39, 0.29) is 12.5 Å². The van der Waals surface area contributed by atoms with Crippen molar-refractivity contribution < 1.29 is 9.53 Å². The number of unbranched alkanes of at least 4 members (excludes halogenated alkanes) is 1. The van der Waals surface area contributed by atoms with Gasteiger partial charge in [0.1, 0.15) is 6.54 Å². The summed E-state index contributed by atoms with van der Waals surface area (Å²) in [5.41, 5.74) is 1.84. The molecule has 1 rings (SSSR count). The van der Waals surface area contributed by atoms with Crippen LogP contribution in [0.15, 0.2) is 18.2 Å². The van der Waals surface area contributed by atoms with Gasteiger partial charge in [-0.25, -0.2) is 0 Å². The van der Waals surface area contributed by atoms with E-state index >= 15 is 0 Å². The van der Waals surface area contributed by atoms with Gasteiger partial charge in [0.25, 0.3) is 0 Å². The Balaban J connectivity index is 2.34. The second-order valence-corrected chi connectivity index (χ2v) is 4.30. The Labute approximate surface area is 107 Å². The van der Waals surface area contributed by atoms with Gasteiger partial charge in [-0.05, 0) is 31.0 Å². The molecule has 0 amide bonds. The molecule has 1 aromatic rings. The summed E-state index contributed by atoms with van der Waals surface area (Å²) >= 11 is 5.98. The number of nitrogens with one attached hydrogen (secondary N) is 1. The summed E-state index contributed by atoms with van der Waals surface area (Å²) in [5.74, 6) is -0.241. The zero-order valence-electron chi connectivity index (χ0n) is 10.3. The van der Waals surface area contributed by atoms with E-state index < -0.39 is 0 Å². The number of rotatable bonds is 6. The summed E-state index contributed by atoms with van der Waals surface area (Å²) in [4.78, 5) is 11.3. The van der Waals surface area contributed by atoms with E-state index in [0.29, 0.717) is 11.6 Å². The van der Waals surface area contributed by atoms with Crippen molar-refractivity contribution in [3.63, 3.8) is 0 Å². The van der Waals surface area contributed by atoms with Crippen molar-refractivity contribution in [2.45, 2.75) is 26.7 Å². The highest BCUT2D eigenvalue weighted by molar-refractivity contribution is 6.31. The maximum Gasteiger partial charge on any atom is 0.325 e. The molecule has 0 aliphatic heterocycles. The van der Waals surface area contributed by atoms with E-state index in [4.69, 9.17) is 16.3 Å². The van der Waals surface area contributed by atoms with Gasteiger partial charge in [-0.15, -0.1) is 0 Å². The number of hydrogen-bond acceptors (Lipinski definition) is 3. The first kappa shape index (κ1) is 13.8. The van der Waals surface area contributed by atoms with Crippen molar-refractivity contribution in [2.24, 2.45) is 0 Å². The average Bonchev–Trinajstić information content (AvgIpc) is 2.31. The van der Waals surface area contributed by atoms with Crippen LogP contribution < -0.4 is 5.32 Å². The van der Waals surface area contributed by atoms with Gasteiger partial charge >= 0.3 is 5.97 Å². The minimum absolute atomic E-state index is 0.170. The summed E-state index contributed by atoms with van der Waals surface area (Å²) in [6.07, 6.45) is 1.93. The van der Waals surface area contributed by atoms with Gasteiger partial charge < -0.3 is 10.1 Å². The van der Waals surface area contributed by atoms with Crippen molar-refractivity contribution in [2.75, 3.05) is 18.5 Å². The Morgan fingerprint density at radius 2 is 2.24 bits per heavy atom. The number of esters is 1. The Kier molecular flexibility index (Phi) is 5.84. The number of aryl methyl sites for hydroxylation is 1. The van der Waals surface area contributed by atoms with Crippen molar-refractivity contribution >= 4 is 23.3 Å². The maximum atomic E-state index is 11.3. The summed E-state index contributed by atoms with van der Waals surface area (Å²) in [5, 5.41) is 3.67. The zero-order valence-corrected chi connectivity index (χ0v) is 11.0. The molecule has 0 saturated carbocycles. The normalized spacial score (nSPS) is 10.1. The quantitative estimate of drug-likeness (QED) is 0.625. The predicted molar refractivity (Wildman–Crippen MR) is 70.5 cm³/mol. The first-order chi connectivity index (χ1) is 8.13. The molecule has 94 valence electrons. The Hall–Kier alpha value is -1.22. The molecule has 0 bridgehead atoms. The lowest BCUT2D eigenvalue weighted by molar-refractivity contribution is -0.141. The van der Waals surface area contributed by atoms with Crippen LogP contribution in [0.3, 0.4) is 0 Å². The largest absolute Gasteiger partial charge is 0.464 e. The molecule has 0 aliphatic rings. The molecule has 0 spiro atoms. The standard InChI is InChI=1S/C13H18ClNO2/c1-3-4-7-17-13(16)9-15-11-6-5-10(2)12(14)8-11/h5-6,8,15H,3-4,7,9H2,1-2H3. The topological polar surface area (TPSA) is 38.3 Å². The van der Waals surface area contributed by atoms with Gasteiger partial charge in [0, 0.05) is 10.7 Å². The average molecular weight is 256 g/mol. The summed E-state index contributed by atoms with van der Waals surface area (Å²) < 4.78 is 5.02. The molecule has 0 atom stereocenters. The number of carbonyl (C=O) groups excluding carboxylic acids is 1. The Bertz CT molecular complexity index is 380. The third-order valence-electron chi connectivity index (χ3n) is 2.37. The highest BCUT2D eigenvalue weighted by atomic mass is 35.5. The molecule has 17 heavy (non-hydrogen) atoms. The fraction of sp³-hybridized carbons (Fsp3) is 0.462. The lowest BCUT2D eigenvalue weighted by atomic mass is 10.2. The maximum absolute atomic E-state index is 11.3. The monoisotopic (exact) mass is 255 g/mol. The summed E-state index contributed by atoms with van der Waals surface area (Å²) in [6.45, 7) is 4.65. The van der Waals surface area contributed by atoms with E-state index in [1.807, 2.05) is 19.1 Å². The van der Waals surface area contributed by atoms with Crippen LogP contribution in [0.4, 0.5) is 5.69 Å². The first-order valence-electron chi connectivity index (χ1n) is 5.79. The summed E-state index contributed by atoms with van der Waals surface area (Å²) in [6, 6.07) is 5.60. The fourth-order valence-corrected chi connectivity index (χ4v) is 1.44. The van der Waals surface area contributed by atoms with Crippen LogP contribution in [0.2, 0.25) is 5.02 Å². The van der Waals surface area contributed by atoms with Crippen molar-refractivity contribution in [3.05, 3.63) is 28.8 Å². The highest BCUT2D eigenvalue weighted by Gasteiger charge is 2.03. The van der Waals surface area contributed by atoms with Crippen molar-refractivity contribution in [3.8, 4) is 0 Å². The number of carbonyl (C=O) groups is 1. The minimum atomic E-state index is -0.241. The number of ether oxygens (including phenoxy) is 1. The van der Waals surface area contributed by atoms with Crippen molar-refractivity contribution in [1.29, 1.82) is 0 Å². The van der Waals surface area contributed by atoms with E-state index in [1.165, 1.54) is 0 Å². The van der Waals surface area contributed by atoms with Gasteiger partial charge in [-0.3, -0.25) is 4.79 Å². The minimum Gasteiger partial charge on any atom is -0.464 e. The van der Waals surface area contributed by atoms with E-state index in [2.05, 4.69) is 12.2 Å². The molecule has 0 saturated heterocycles. The van der Waals surface area contributed by atoms with Crippen molar-refractivity contribution in [1.82, 2.24) is 0 Å². The highest BCUT2D eigenvalue weighted by Crippen LogP contribution is 2.19. The van der Waals surface area contributed by atoms with Crippen LogP contribution in [-0.4, -0.2) is 19.1 Å². The molecule has 4 heteroatoms.